The summed E-state index contributed by atoms with van der Waals surface area (Å²) in [5.41, 5.74) is 0. The molecule has 0 saturated carbocycles. The first-order chi connectivity index (χ1) is 9.15. The van der Waals surface area contributed by atoms with Gasteiger partial charge in [-0.05, 0) is 30.7 Å². The molecule has 0 aliphatic rings. The highest BCUT2D eigenvalue weighted by Gasteiger charge is 2.12. The van der Waals surface area contributed by atoms with Gasteiger partial charge in [0.15, 0.2) is 0 Å². The molecule has 2 heterocycles. The van der Waals surface area contributed by atoms with Crippen molar-refractivity contribution in [2.24, 2.45) is 0 Å². The van der Waals surface area contributed by atoms with Gasteiger partial charge in [0.1, 0.15) is 11.9 Å². The third-order valence-corrected chi connectivity index (χ3v) is 3.88. The standard InChI is InChI=1S/C13H14ClNO3S/c14-12-5-3-9(19-12)4-6-13(17)15-8-10(16)11-2-1-7-18-11/h1-3,5,7,10,16H,4,6,8H2,(H,15,17). The molecule has 102 valence electrons. The summed E-state index contributed by atoms with van der Waals surface area (Å²) in [6.45, 7) is 0.150. The monoisotopic (exact) mass is 299 g/mol. The van der Waals surface area contributed by atoms with Crippen LogP contribution in [0, 0.1) is 0 Å². The Bertz CT molecular complexity index is 524. The summed E-state index contributed by atoms with van der Waals surface area (Å²) in [7, 11) is 0. The van der Waals surface area contributed by atoms with Crippen molar-refractivity contribution >= 4 is 28.8 Å². The minimum absolute atomic E-state index is 0.102. The van der Waals surface area contributed by atoms with Crippen molar-refractivity contribution in [1.29, 1.82) is 0 Å². The Labute approximate surface area is 120 Å². The maximum Gasteiger partial charge on any atom is 0.220 e. The lowest BCUT2D eigenvalue weighted by molar-refractivity contribution is -0.121. The van der Waals surface area contributed by atoms with Crippen LogP contribution in [-0.4, -0.2) is 17.6 Å². The predicted molar refractivity (Wildman–Crippen MR) is 74.3 cm³/mol. The Balaban J connectivity index is 1.70. The molecular weight excluding hydrogens is 286 g/mol. The van der Waals surface area contributed by atoms with Crippen molar-refractivity contribution in [2.45, 2.75) is 18.9 Å². The van der Waals surface area contributed by atoms with Crippen molar-refractivity contribution in [3.8, 4) is 0 Å². The molecule has 0 saturated heterocycles. The summed E-state index contributed by atoms with van der Waals surface area (Å²) in [4.78, 5) is 12.7. The zero-order valence-electron chi connectivity index (χ0n) is 10.1. The van der Waals surface area contributed by atoms with E-state index in [9.17, 15) is 9.90 Å². The lowest BCUT2D eigenvalue weighted by Crippen LogP contribution is -2.28. The highest BCUT2D eigenvalue weighted by atomic mass is 35.5. The number of furan rings is 1. The number of aliphatic hydroxyl groups excluding tert-OH is 1. The fourth-order valence-corrected chi connectivity index (χ4v) is 2.69. The Morgan fingerprint density at radius 3 is 2.95 bits per heavy atom. The van der Waals surface area contributed by atoms with Gasteiger partial charge in [-0.2, -0.15) is 0 Å². The van der Waals surface area contributed by atoms with E-state index >= 15 is 0 Å². The van der Waals surface area contributed by atoms with Crippen LogP contribution in [0.1, 0.15) is 23.2 Å². The number of carbonyl (C=O) groups is 1. The molecule has 0 aromatic carbocycles. The van der Waals surface area contributed by atoms with E-state index in [2.05, 4.69) is 5.32 Å². The third kappa shape index (κ3) is 4.38. The number of nitrogens with one attached hydrogen (secondary N) is 1. The Morgan fingerprint density at radius 2 is 2.32 bits per heavy atom. The smallest absolute Gasteiger partial charge is 0.220 e. The Kier molecular flexibility index (Phi) is 5.01. The summed E-state index contributed by atoms with van der Waals surface area (Å²) in [5, 5.41) is 12.4. The second kappa shape index (κ2) is 6.75. The van der Waals surface area contributed by atoms with Crippen LogP contribution < -0.4 is 5.32 Å². The quantitative estimate of drug-likeness (QED) is 0.862. The predicted octanol–water partition coefficient (Wildman–Crippen LogP) is 2.78. The molecular formula is C13H14ClNO3S. The van der Waals surface area contributed by atoms with E-state index in [0.29, 0.717) is 18.6 Å². The summed E-state index contributed by atoms with van der Waals surface area (Å²) in [6, 6.07) is 7.10. The van der Waals surface area contributed by atoms with Crippen molar-refractivity contribution in [3.05, 3.63) is 45.5 Å². The summed E-state index contributed by atoms with van der Waals surface area (Å²) in [6.07, 6.45) is 1.71. The first kappa shape index (κ1) is 14.1. The van der Waals surface area contributed by atoms with Crippen LogP contribution in [0.25, 0.3) is 0 Å². The Hall–Kier alpha value is -1.30. The van der Waals surface area contributed by atoms with Crippen LogP contribution in [0.4, 0.5) is 0 Å². The first-order valence-electron chi connectivity index (χ1n) is 5.87. The molecule has 0 radical (unpaired) electrons. The van der Waals surface area contributed by atoms with Gasteiger partial charge in [-0.1, -0.05) is 11.6 Å². The van der Waals surface area contributed by atoms with Crippen LogP contribution in [0.3, 0.4) is 0 Å². The largest absolute Gasteiger partial charge is 0.467 e. The number of amides is 1. The molecule has 19 heavy (non-hydrogen) atoms. The molecule has 2 rings (SSSR count). The van der Waals surface area contributed by atoms with Crippen molar-refractivity contribution in [3.63, 3.8) is 0 Å². The number of thiophene rings is 1. The topological polar surface area (TPSA) is 62.5 Å². The highest BCUT2D eigenvalue weighted by molar-refractivity contribution is 7.16. The SMILES string of the molecule is O=C(CCc1ccc(Cl)s1)NCC(O)c1ccco1. The van der Waals surface area contributed by atoms with E-state index in [1.165, 1.54) is 17.6 Å². The molecule has 1 unspecified atom stereocenters. The third-order valence-electron chi connectivity index (χ3n) is 2.59. The molecule has 2 aromatic heterocycles. The van der Waals surface area contributed by atoms with E-state index in [4.69, 9.17) is 16.0 Å². The van der Waals surface area contributed by atoms with Crippen LogP contribution in [0.5, 0.6) is 0 Å². The van der Waals surface area contributed by atoms with Gasteiger partial charge in [-0.25, -0.2) is 0 Å². The number of aryl methyl sites for hydroxylation is 1. The minimum Gasteiger partial charge on any atom is -0.467 e. The molecule has 0 aliphatic heterocycles. The van der Waals surface area contributed by atoms with E-state index in [0.717, 1.165) is 9.21 Å². The second-order valence-electron chi connectivity index (χ2n) is 4.04. The van der Waals surface area contributed by atoms with E-state index in [-0.39, 0.29) is 12.5 Å². The average Bonchev–Trinajstić information content (AvgIpc) is 3.04. The van der Waals surface area contributed by atoms with Crippen LogP contribution >= 0.6 is 22.9 Å². The Morgan fingerprint density at radius 1 is 1.47 bits per heavy atom. The molecule has 6 heteroatoms. The molecule has 2 N–H and O–H groups in total. The minimum atomic E-state index is -0.810. The van der Waals surface area contributed by atoms with Gasteiger partial charge in [0.05, 0.1) is 17.1 Å². The van der Waals surface area contributed by atoms with Crippen molar-refractivity contribution in [1.82, 2.24) is 5.32 Å². The van der Waals surface area contributed by atoms with Gasteiger partial charge < -0.3 is 14.8 Å². The summed E-state index contributed by atoms with van der Waals surface area (Å²) >= 11 is 7.28. The average molecular weight is 300 g/mol. The highest BCUT2D eigenvalue weighted by Crippen LogP contribution is 2.22. The maximum atomic E-state index is 11.6. The fourth-order valence-electron chi connectivity index (χ4n) is 1.60. The lowest BCUT2D eigenvalue weighted by Gasteiger charge is -2.09. The number of halogens is 1. The summed E-state index contributed by atoms with van der Waals surface area (Å²) < 4.78 is 5.77. The van der Waals surface area contributed by atoms with Crippen LogP contribution in [-0.2, 0) is 11.2 Å². The van der Waals surface area contributed by atoms with Crippen molar-refractivity contribution in [2.75, 3.05) is 6.54 Å². The number of hydrogen-bond acceptors (Lipinski definition) is 4. The van der Waals surface area contributed by atoms with Gasteiger partial charge in [0.2, 0.25) is 5.91 Å². The molecule has 2 aromatic rings. The molecule has 1 atom stereocenters. The molecule has 4 nitrogen and oxygen atoms in total. The van der Waals surface area contributed by atoms with Crippen LogP contribution in [0.15, 0.2) is 34.9 Å². The number of aliphatic hydroxyl groups is 1. The van der Waals surface area contributed by atoms with E-state index < -0.39 is 6.10 Å². The molecule has 1 amide bonds. The first-order valence-corrected chi connectivity index (χ1v) is 7.07. The van der Waals surface area contributed by atoms with Gasteiger partial charge in [-0.3, -0.25) is 4.79 Å². The molecule has 0 fully saturated rings. The maximum absolute atomic E-state index is 11.6. The van der Waals surface area contributed by atoms with E-state index in [1.807, 2.05) is 12.1 Å². The normalized spacial score (nSPS) is 12.3. The van der Waals surface area contributed by atoms with Gasteiger partial charge in [-0.15, -0.1) is 11.3 Å². The van der Waals surface area contributed by atoms with Crippen LogP contribution in [0.2, 0.25) is 4.34 Å². The van der Waals surface area contributed by atoms with E-state index in [1.54, 1.807) is 12.1 Å². The summed E-state index contributed by atoms with van der Waals surface area (Å²) in [5.74, 6) is 0.348. The second-order valence-corrected chi connectivity index (χ2v) is 5.84. The number of hydrogen-bond donors (Lipinski definition) is 2. The van der Waals surface area contributed by atoms with Crippen molar-refractivity contribution < 1.29 is 14.3 Å². The molecule has 0 bridgehead atoms. The fraction of sp³-hybridized carbons (Fsp3) is 0.308. The zero-order chi connectivity index (χ0) is 13.7. The van der Waals surface area contributed by atoms with Gasteiger partial charge >= 0.3 is 0 Å². The molecule has 0 spiro atoms. The number of carbonyl (C=O) groups excluding carboxylic acids is 1. The van der Waals surface area contributed by atoms with Gasteiger partial charge in [0.25, 0.3) is 0 Å². The zero-order valence-corrected chi connectivity index (χ0v) is 11.7. The lowest BCUT2D eigenvalue weighted by atomic mass is 10.2. The molecule has 0 aliphatic carbocycles. The number of rotatable bonds is 6. The van der Waals surface area contributed by atoms with Gasteiger partial charge in [0, 0.05) is 11.3 Å².